The lowest BCUT2D eigenvalue weighted by atomic mass is 10.2. The summed E-state index contributed by atoms with van der Waals surface area (Å²) in [6, 6.07) is 5.58. The smallest absolute Gasteiger partial charge is 0.396 e. The summed E-state index contributed by atoms with van der Waals surface area (Å²) in [5.41, 5.74) is 6.98. The summed E-state index contributed by atoms with van der Waals surface area (Å²) in [5, 5.41) is 0. The molecule has 0 aliphatic carbocycles. The molecule has 2 aromatic rings. The average molecular weight is 181 g/mol. The second-order valence-electron chi connectivity index (χ2n) is 2.40. The Morgan fingerprint density at radius 2 is 2.33 bits per heavy atom. The minimum atomic E-state index is -0.272. The zero-order chi connectivity index (χ0) is 8.55. The lowest BCUT2D eigenvalue weighted by Crippen LogP contribution is -1.95. The third kappa shape index (κ3) is 1.05. The van der Waals surface area contributed by atoms with Crippen molar-refractivity contribution in [2.75, 3.05) is 0 Å². The second kappa shape index (κ2) is 2.73. The van der Waals surface area contributed by atoms with Crippen molar-refractivity contribution in [1.82, 2.24) is 0 Å². The van der Waals surface area contributed by atoms with Crippen molar-refractivity contribution < 1.29 is 4.42 Å². The normalized spacial score (nSPS) is 10.8. The van der Waals surface area contributed by atoms with Crippen molar-refractivity contribution in [2.45, 2.75) is 6.54 Å². The molecule has 4 heteroatoms. The predicted molar refractivity (Wildman–Crippen MR) is 48.3 cm³/mol. The van der Waals surface area contributed by atoms with Gasteiger partial charge in [-0.1, -0.05) is 23.5 Å². The van der Waals surface area contributed by atoms with Crippen molar-refractivity contribution in [3.63, 3.8) is 0 Å². The summed E-state index contributed by atoms with van der Waals surface area (Å²) < 4.78 is 5.84. The standard InChI is InChI=1S/C8H7NO2S/c9-4-5-2-1-3-6-7(5)11-8(10)12-6/h1-3H,4,9H2. The Balaban J connectivity index is 2.87. The van der Waals surface area contributed by atoms with Crippen LogP contribution in [0, 0.1) is 0 Å². The monoisotopic (exact) mass is 181 g/mol. The number of benzene rings is 1. The molecular weight excluding hydrogens is 174 g/mol. The third-order valence-corrected chi connectivity index (χ3v) is 2.45. The maximum absolute atomic E-state index is 10.9. The zero-order valence-electron chi connectivity index (χ0n) is 6.24. The highest BCUT2D eigenvalue weighted by Gasteiger charge is 2.04. The van der Waals surface area contributed by atoms with Gasteiger partial charge in [-0.2, -0.15) is 0 Å². The fourth-order valence-electron chi connectivity index (χ4n) is 1.11. The van der Waals surface area contributed by atoms with E-state index in [0.29, 0.717) is 12.1 Å². The van der Waals surface area contributed by atoms with Gasteiger partial charge < -0.3 is 10.2 Å². The van der Waals surface area contributed by atoms with Crippen LogP contribution in [0.15, 0.2) is 27.4 Å². The lowest BCUT2D eigenvalue weighted by molar-refractivity contribution is 0.581. The van der Waals surface area contributed by atoms with Crippen LogP contribution in [0.2, 0.25) is 0 Å². The Labute approximate surface area is 72.4 Å². The maximum atomic E-state index is 10.9. The van der Waals surface area contributed by atoms with Crippen molar-refractivity contribution in [2.24, 2.45) is 5.73 Å². The molecule has 1 aromatic carbocycles. The molecule has 0 saturated heterocycles. The van der Waals surface area contributed by atoms with E-state index in [1.165, 1.54) is 0 Å². The highest BCUT2D eigenvalue weighted by Crippen LogP contribution is 2.20. The van der Waals surface area contributed by atoms with Crippen molar-refractivity contribution in [3.8, 4) is 0 Å². The average Bonchev–Trinajstić information content (AvgIpc) is 2.44. The van der Waals surface area contributed by atoms with E-state index in [2.05, 4.69) is 0 Å². The van der Waals surface area contributed by atoms with Crippen LogP contribution >= 0.6 is 11.3 Å². The van der Waals surface area contributed by atoms with Crippen LogP contribution in [0.3, 0.4) is 0 Å². The third-order valence-electron chi connectivity index (χ3n) is 1.66. The molecule has 0 aliphatic heterocycles. The SMILES string of the molecule is NCc1cccc2sc(=O)oc12. The summed E-state index contributed by atoms with van der Waals surface area (Å²) >= 11 is 1.10. The topological polar surface area (TPSA) is 56.2 Å². The highest BCUT2D eigenvalue weighted by atomic mass is 32.1. The first-order valence-electron chi connectivity index (χ1n) is 3.53. The Morgan fingerprint density at radius 3 is 3.08 bits per heavy atom. The second-order valence-corrected chi connectivity index (χ2v) is 3.38. The summed E-state index contributed by atoms with van der Waals surface area (Å²) in [6.07, 6.45) is 0. The van der Waals surface area contributed by atoms with Gasteiger partial charge in [0.2, 0.25) is 0 Å². The molecule has 3 nitrogen and oxygen atoms in total. The van der Waals surface area contributed by atoms with Gasteiger partial charge >= 0.3 is 4.94 Å². The molecule has 0 unspecified atom stereocenters. The van der Waals surface area contributed by atoms with E-state index in [9.17, 15) is 4.79 Å². The van der Waals surface area contributed by atoms with Gasteiger partial charge in [-0.25, -0.2) is 4.79 Å². The van der Waals surface area contributed by atoms with E-state index in [4.69, 9.17) is 10.2 Å². The first-order valence-corrected chi connectivity index (χ1v) is 4.34. The van der Waals surface area contributed by atoms with Crippen molar-refractivity contribution in [3.05, 3.63) is 33.5 Å². The molecule has 2 N–H and O–H groups in total. The Morgan fingerprint density at radius 1 is 1.50 bits per heavy atom. The molecular formula is C8H7NO2S. The molecule has 0 aliphatic rings. The van der Waals surface area contributed by atoms with Gasteiger partial charge in [0.15, 0.2) is 5.58 Å². The number of nitrogens with two attached hydrogens (primary N) is 1. The van der Waals surface area contributed by atoms with Crippen LogP contribution in [0.1, 0.15) is 5.56 Å². The number of para-hydroxylation sites is 1. The van der Waals surface area contributed by atoms with Crippen LogP contribution in [-0.2, 0) is 6.54 Å². The van der Waals surface area contributed by atoms with E-state index < -0.39 is 0 Å². The molecule has 62 valence electrons. The molecule has 0 amide bonds. The van der Waals surface area contributed by atoms with E-state index in [0.717, 1.165) is 21.6 Å². The molecule has 1 heterocycles. The van der Waals surface area contributed by atoms with Gasteiger partial charge in [0, 0.05) is 12.1 Å². The molecule has 0 radical (unpaired) electrons. The fraction of sp³-hybridized carbons (Fsp3) is 0.125. The molecule has 0 saturated carbocycles. The van der Waals surface area contributed by atoms with Gasteiger partial charge in [0.1, 0.15) is 0 Å². The van der Waals surface area contributed by atoms with Crippen LogP contribution in [0.4, 0.5) is 0 Å². The van der Waals surface area contributed by atoms with Crippen LogP contribution in [0.25, 0.3) is 10.3 Å². The van der Waals surface area contributed by atoms with Crippen LogP contribution < -0.4 is 10.7 Å². The van der Waals surface area contributed by atoms with E-state index in [1.807, 2.05) is 18.2 Å². The molecule has 0 fully saturated rings. The Kier molecular flexibility index (Phi) is 1.71. The lowest BCUT2D eigenvalue weighted by Gasteiger charge is -1.94. The summed E-state index contributed by atoms with van der Waals surface area (Å²) in [4.78, 5) is 10.6. The first kappa shape index (κ1) is 7.52. The van der Waals surface area contributed by atoms with Crippen LogP contribution in [-0.4, -0.2) is 0 Å². The fourth-order valence-corrected chi connectivity index (χ4v) is 1.83. The molecule has 0 spiro atoms. The minimum absolute atomic E-state index is 0.272. The maximum Gasteiger partial charge on any atom is 0.396 e. The number of hydrogen-bond acceptors (Lipinski definition) is 4. The minimum Gasteiger partial charge on any atom is -0.414 e. The molecule has 0 bridgehead atoms. The van der Waals surface area contributed by atoms with Crippen molar-refractivity contribution in [1.29, 1.82) is 0 Å². The van der Waals surface area contributed by atoms with E-state index >= 15 is 0 Å². The van der Waals surface area contributed by atoms with E-state index in [1.54, 1.807) is 0 Å². The Hall–Kier alpha value is -1.13. The molecule has 1 aromatic heterocycles. The number of rotatable bonds is 1. The largest absolute Gasteiger partial charge is 0.414 e. The first-order chi connectivity index (χ1) is 5.81. The molecule has 0 atom stereocenters. The Bertz CT molecular complexity index is 457. The van der Waals surface area contributed by atoms with E-state index in [-0.39, 0.29) is 4.94 Å². The van der Waals surface area contributed by atoms with Gasteiger partial charge in [-0.3, -0.25) is 0 Å². The van der Waals surface area contributed by atoms with Crippen molar-refractivity contribution >= 4 is 21.6 Å². The summed E-state index contributed by atoms with van der Waals surface area (Å²) in [6.45, 7) is 0.400. The molecule has 2 rings (SSSR count). The predicted octanol–water partition coefficient (Wildman–Crippen LogP) is 1.31. The quantitative estimate of drug-likeness (QED) is 0.721. The number of fused-ring (bicyclic) bond motifs is 1. The van der Waals surface area contributed by atoms with Gasteiger partial charge in [-0.15, -0.1) is 0 Å². The van der Waals surface area contributed by atoms with Gasteiger partial charge in [0.25, 0.3) is 0 Å². The summed E-state index contributed by atoms with van der Waals surface area (Å²) in [7, 11) is 0. The summed E-state index contributed by atoms with van der Waals surface area (Å²) in [5.74, 6) is 0. The molecule has 12 heavy (non-hydrogen) atoms. The van der Waals surface area contributed by atoms with Gasteiger partial charge in [-0.05, 0) is 6.07 Å². The number of hydrogen-bond donors (Lipinski definition) is 1. The highest BCUT2D eigenvalue weighted by molar-refractivity contribution is 7.16. The van der Waals surface area contributed by atoms with Crippen LogP contribution in [0.5, 0.6) is 0 Å². The zero-order valence-corrected chi connectivity index (χ0v) is 7.06. The van der Waals surface area contributed by atoms with Gasteiger partial charge in [0.05, 0.1) is 4.70 Å².